The maximum Gasteiger partial charge on any atom is 0.416 e. The van der Waals surface area contributed by atoms with Crippen molar-refractivity contribution in [3.63, 3.8) is 0 Å². The van der Waals surface area contributed by atoms with Gasteiger partial charge in [0.2, 0.25) is 0 Å². The summed E-state index contributed by atoms with van der Waals surface area (Å²) in [6.45, 7) is 4.10. The third-order valence-electron chi connectivity index (χ3n) is 5.09. The monoisotopic (exact) mass is 415 g/mol. The summed E-state index contributed by atoms with van der Waals surface area (Å²) in [4.78, 5) is 20.7. The van der Waals surface area contributed by atoms with E-state index < -0.39 is 17.8 Å². The summed E-state index contributed by atoms with van der Waals surface area (Å²) in [6, 6.07) is 14.1. The molecule has 2 aromatic carbocycles. The van der Waals surface area contributed by atoms with Crippen molar-refractivity contribution in [3.8, 4) is 5.75 Å². The molecule has 3 aromatic rings. The lowest BCUT2D eigenvalue weighted by molar-refractivity contribution is -0.137. The maximum atomic E-state index is 12.6. The largest absolute Gasteiger partial charge is 0.416 e. The van der Waals surface area contributed by atoms with Crippen LogP contribution in [0.3, 0.4) is 0 Å². The Hall–Kier alpha value is -3.29. The van der Waals surface area contributed by atoms with Gasteiger partial charge in [0.25, 0.3) is 0 Å². The summed E-state index contributed by atoms with van der Waals surface area (Å²) < 4.78 is 43.2. The first-order valence-corrected chi connectivity index (χ1v) is 9.56. The molecule has 8 heteroatoms. The summed E-state index contributed by atoms with van der Waals surface area (Å²) >= 11 is 0. The van der Waals surface area contributed by atoms with E-state index in [0.29, 0.717) is 26.2 Å². The van der Waals surface area contributed by atoms with Crippen LogP contribution >= 0.6 is 0 Å². The minimum absolute atomic E-state index is 0.0891. The smallest absolute Gasteiger partial charge is 0.410 e. The van der Waals surface area contributed by atoms with E-state index in [2.05, 4.69) is 9.88 Å². The van der Waals surface area contributed by atoms with Gasteiger partial charge in [0.1, 0.15) is 5.75 Å². The molecule has 2 heterocycles. The predicted octanol–water partition coefficient (Wildman–Crippen LogP) is 4.88. The number of nitrogens with zero attached hydrogens (tertiary/aromatic N) is 3. The van der Waals surface area contributed by atoms with Gasteiger partial charge in [-0.15, -0.1) is 0 Å². The van der Waals surface area contributed by atoms with Crippen molar-refractivity contribution >= 4 is 22.7 Å². The van der Waals surface area contributed by atoms with Crippen LogP contribution in [0.5, 0.6) is 5.75 Å². The number of para-hydroxylation sites is 1. The fourth-order valence-electron chi connectivity index (χ4n) is 3.55. The lowest BCUT2D eigenvalue weighted by atomic mass is 10.1. The zero-order valence-corrected chi connectivity index (χ0v) is 16.3. The number of benzene rings is 2. The molecule has 4 rings (SSSR count). The molecule has 0 spiro atoms. The molecule has 0 atom stereocenters. The highest BCUT2D eigenvalue weighted by molar-refractivity contribution is 5.92. The van der Waals surface area contributed by atoms with Gasteiger partial charge in [-0.1, -0.05) is 18.2 Å². The number of pyridine rings is 1. The van der Waals surface area contributed by atoms with Crippen molar-refractivity contribution < 1.29 is 22.7 Å². The minimum atomic E-state index is -4.42. The third kappa shape index (κ3) is 4.17. The predicted molar refractivity (Wildman–Crippen MR) is 108 cm³/mol. The van der Waals surface area contributed by atoms with Gasteiger partial charge >= 0.3 is 12.3 Å². The summed E-state index contributed by atoms with van der Waals surface area (Å²) in [5.41, 5.74) is 2.15. The first-order chi connectivity index (χ1) is 14.3. The number of hydrogen-bond acceptors (Lipinski definition) is 4. The van der Waals surface area contributed by atoms with Crippen LogP contribution in [0, 0.1) is 6.92 Å². The molecule has 1 saturated heterocycles. The van der Waals surface area contributed by atoms with Crippen molar-refractivity contribution in [3.05, 3.63) is 65.9 Å². The molecule has 0 radical (unpaired) electrons. The standard InChI is InChI=1S/C22H20F3N3O2/c1-15-14-20(18-4-2-3-5-19(18)26-15)27-10-12-28(13-11-27)21(29)30-17-8-6-16(7-9-17)22(23,24)25/h2-9,14H,10-13H2,1H3. The normalized spacial score (nSPS) is 14.8. The van der Waals surface area contributed by atoms with Crippen LogP contribution in [0.25, 0.3) is 10.9 Å². The molecule has 1 fully saturated rings. The average molecular weight is 415 g/mol. The molecular formula is C22H20F3N3O2. The highest BCUT2D eigenvalue weighted by Crippen LogP contribution is 2.31. The van der Waals surface area contributed by atoms with Crippen molar-refractivity contribution in [1.82, 2.24) is 9.88 Å². The Morgan fingerprint density at radius 1 is 1.00 bits per heavy atom. The molecule has 0 unspecified atom stereocenters. The Morgan fingerprint density at radius 2 is 1.67 bits per heavy atom. The highest BCUT2D eigenvalue weighted by Gasteiger charge is 2.30. The zero-order chi connectivity index (χ0) is 21.3. The van der Waals surface area contributed by atoms with Crippen molar-refractivity contribution in [2.45, 2.75) is 13.1 Å². The van der Waals surface area contributed by atoms with E-state index in [0.717, 1.165) is 46.5 Å². The lowest BCUT2D eigenvalue weighted by Gasteiger charge is -2.36. The molecule has 0 aliphatic carbocycles. The Morgan fingerprint density at radius 3 is 2.33 bits per heavy atom. The maximum absolute atomic E-state index is 12.6. The van der Waals surface area contributed by atoms with Crippen LogP contribution in [0.1, 0.15) is 11.3 Å². The van der Waals surface area contributed by atoms with Crippen LogP contribution < -0.4 is 9.64 Å². The molecule has 0 saturated carbocycles. The number of rotatable bonds is 2. The summed E-state index contributed by atoms with van der Waals surface area (Å²) in [5, 5.41) is 1.06. The highest BCUT2D eigenvalue weighted by atomic mass is 19.4. The number of fused-ring (bicyclic) bond motifs is 1. The first-order valence-electron chi connectivity index (χ1n) is 9.56. The number of ether oxygens (including phenoxy) is 1. The van der Waals surface area contributed by atoms with Gasteiger partial charge in [-0.25, -0.2) is 4.79 Å². The molecule has 5 nitrogen and oxygen atoms in total. The van der Waals surface area contributed by atoms with E-state index in [1.165, 1.54) is 0 Å². The van der Waals surface area contributed by atoms with E-state index in [-0.39, 0.29) is 5.75 Å². The van der Waals surface area contributed by atoms with Gasteiger partial charge in [-0.2, -0.15) is 13.2 Å². The summed E-state index contributed by atoms with van der Waals surface area (Å²) in [5.74, 6) is 0.0891. The fourth-order valence-corrected chi connectivity index (χ4v) is 3.55. The molecule has 0 N–H and O–H groups in total. The number of piperazine rings is 1. The minimum Gasteiger partial charge on any atom is -0.410 e. The molecule has 156 valence electrons. The van der Waals surface area contributed by atoms with Gasteiger partial charge < -0.3 is 14.5 Å². The van der Waals surface area contributed by atoms with Gasteiger partial charge in [0.05, 0.1) is 11.1 Å². The number of alkyl halides is 3. The molecule has 1 amide bonds. The molecule has 1 aromatic heterocycles. The van der Waals surface area contributed by atoms with E-state index in [1.54, 1.807) is 4.90 Å². The zero-order valence-electron chi connectivity index (χ0n) is 16.3. The van der Waals surface area contributed by atoms with Crippen LogP contribution in [-0.4, -0.2) is 42.2 Å². The van der Waals surface area contributed by atoms with Gasteiger partial charge in [-0.05, 0) is 43.3 Å². The molecule has 1 aliphatic heterocycles. The number of amides is 1. The number of hydrogen-bond donors (Lipinski definition) is 0. The first kappa shape index (κ1) is 20.0. The van der Waals surface area contributed by atoms with Crippen LogP contribution in [0.2, 0.25) is 0 Å². The SMILES string of the molecule is Cc1cc(N2CCN(C(=O)Oc3ccc(C(F)(F)F)cc3)CC2)c2ccccc2n1. The fraction of sp³-hybridized carbons (Fsp3) is 0.273. The van der Waals surface area contributed by atoms with Crippen molar-refractivity contribution in [2.75, 3.05) is 31.1 Å². The van der Waals surface area contributed by atoms with E-state index in [4.69, 9.17) is 4.74 Å². The number of aromatic nitrogens is 1. The topological polar surface area (TPSA) is 45.7 Å². The Balaban J connectivity index is 1.41. The molecule has 0 bridgehead atoms. The number of anilines is 1. The Bertz CT molecular complexity index is 1060. The second-order valence-corrected chi connectivity index (χ2v) is 7.16. The van der Waals surface area contributed by atoms with Crippen LogP contribution in [-0.2, 0) is 6.18 Å². The molecular weight excluding hydrogens is 395 g/mol. The van der Waals surface area contributed by atoms with E-state index in [1.807, 2.05) is 37.3 Å². The number of aryl methyl sites for hydroxylation is 1. The van der Waals surface area contributed by atoms with Gasteiger partial charge in [0.15, 0.2) is 0 Å². The summed E-state index contributed by atoms with van der Waals surface area (Å²) in [6.07, 6.45) is -4.99. The lowest BCUT2D eigenvalue weighted by Crippen LogP contribution is -2.49. The van der Waals surface area contributed by atoms with Crippen molar-refractivity contribution in [2.24, 2.45) is 0 Å². The van der Waals surface area contributed by atoms with Crippen molar-refractivity contribution in [1.29, 1.82) is 0 Å². The number of carbonyl (C=O) groups excluding carboxylic acids is 1. The Labute approximate surface area is 171 Å². The molecule has 30 heavy (non-hydrogen) atoms. The number of halogens is 3. The summed E-state index contributed by atoms with van der Waals surface area (Å²) in [7, 11) is 0. The van der Waals surface area contributed by atoms with Crippen LogP contribution in [0.15, 0.2) is 54.6 Å². The second-order valence-electron chi connectivity index (χ2n) is 7.16. The Kier molecular flexibility index (Phi) is 5.24. The van der Waals surface area contributed by atoms with E-state index >= 15 is 0 Å². The third-order valence-corrected chi connectivity index (χ3v) is 5.09. The van der Waals surface area contributed by atoms with Crippen LogP contribution in [0.4, 0.5) is 23.7 Å². The molecule has 1 aliphatic rings. The number of carbonyl (C=O) groups is 1. The van der Waals surface area contributed by atoms with E-state index in [9.17, 15) is 18.0 Å². The average Bonchev–Trinajstić information content (AvgIpc) is 2.73. The second kappa shape index (κ2) is 7.85. The van der Waals surface area contributed by atoms with Gasteiger partial charge in [-0.3, -0.25) is 4.98 Å². The quantitative estimate of drug-likeness (QED) is 0.598. The van der Waals surface area contributed by atoms with Gasteiger partial charge in [0, 0.05) is 42.9 Å².